The van der Waals surface area contributed by atoms with Gasteiger partial charge in [0, 0.05) is 12.6 Å². The van der Waals surface area contributed by atoms with Gasteiger partial charge in [0.25, 0.3) is 0 Å². The summed E-state index contributed by atoms with van der Waals surface area (Å²) in [5.74, 6) is 4.93. The van der Waals surface area contributed by atoms with Crippen molar-refractivity contribution in [3.05, 3.63) is 29.3 Å². The second-order valence-electron chi connectivity index (χ2n) is 12.2. The Morgan fingerprint density at radius 1 is 0.828 bits per heavy atom. The smallest absolute Gasteiger partial charge is 0.130 e. The first-order valence-electron chi connectivity index (χ1n) is 12.4. The molecule has 0 unspecified atom stereocenters. The molecule has 0 N–H and O–H groups in total. The highest BCUT2D eigenvalue weighted by molar-refractivity contribution is 5.67. The lowest BCUT2D eigenvalue weighted by molar-refractivity contribution is -0.535. The van der Waals surface area contributed by atoms with Crippen molar-refractivity contribution < 1.29 is 4.58 Å². The van der Waals surface area contributed by atoms with E-state index in [0.29, 0.717) is 17.3 Å². The van der Waals surface area contributed by atoms with Gasteiger partial charge in [-0.15, -0.1) is 0 Å². The summed E-state index contributed by atoms with van der Waals surface area (Å²) >= 11 is 0. The molecule has 4 bridgehead atoms. The lowest BCUT2D eigenvalue weighted by atomic mass is 9.44. The van der Waals surface area contributed by atoms with Crippen LogP contribution in [0.5, 0.6) is 0 Å². The third-order valence-electron chi connectivity index (χ3n) is 9.24. The van der Waals surface area contributed by atoms with Crippen molar-refractivity contribution in [2.45, 2.75) is 104 Å². The summed E-state index contributed by atoms with van der Waals surface area (Å²) in [6, 6.07) is 7.04. The van der Waals surface area contributed by atoms with E-state index in [-0.39, 0.29) is 5.54 Å². The molecule has 0 amide bonds. The molecule has 0 radical (unpaired) electrons. The minimum absolute atomic E-state index is 0.147. The summed E-state index contributed by atoms with van der Waals surface area (Å²) in [5, 5.41) is 0. The van der Waals surface area contributed by atoms with Gasteiger partial charge in [-0.2, -0.15) is 0 Å². The molecule has 1 aliphatic heterocycles. The molecule has 6 rings (SSSR count). The van der Waals surface area contributed by atoms with Crippen molar-refractivity contribution in [2.75, 3.05) is 0 Å². The molecular weight excluding hydrogens is 350 g/mol. The monoisotopic (exact) mass is 391 g/mol. The van der Waals surface area contributed by atoms with Crippen LogP contribution in [0.4, 0.5) is 5.69 Å². The molecule has 4 aliphatic carbocycles. The number of para-hydroxylation sites is 1. The van der Waals surface area contributed by atoms with Crippen LogP contribution in [0, 0.1) is 29.1 Å². The molecule has 4 saturated carbocycles. The molecule has 1 heterocycles. The number of rotatable bonds is 3. The molecule has 0 aromatic heterocycles. The predicted octanol–water partition coefficient (Wildman–Crippen LogP) is 7.54. The minimum atomic E-state index is 0.147. The lowest BCUT2D eigenvalue weighted by Gasteiger charge is -2.63. The van der Waals surface area contributed by atoms with Crippen LogP contribution in [0.3, 0.4) is 0 Å². The van der Waals surface area contributed by atoms with E-state index >= 15 is 0 Å². The summed E-state index contributed by atoms with van der Waals surface area (Å²) < 4.78 is 2.68. The van der Waals surface area contributed by atoms with E-state index in [1.165, 1.54) is 61.8 Å². The van der Waals surface area contributed by atoms with Crippen LogP contribution in [-0.2, 0) is 0 Å². The average Bonchev–Trinajstić information content (AvgIpc) is 2.65. The fourth-order valence-electron chi connectivity index (χ4n) is 7.78. The molecule has 1 nitrogen and oxygen atoms in total. The van der Waals surface area contributed by atoms with E-state index in [9.17, 15) is 0 Å². The lowest BCUT2D eigenvalue weighted by Crippen LogP contribution is -2.58. The number of hydrogen-bond acceptors (Lipinski definition) is 0. The Hall–Kier alpha value is -1.11. The maximum absolute atomic E-state index is 4.34. The Morgan fingerprint density at radius 2 is 1.34 bits per heavy atom. The normalized spacial score (nSPS) is 37.6. The molecule has 1 heteroatoms. The van der Waals surface area contributed by atoms with Crippen LogP contribution in [-0.4, -0.2) is 16.3 Å². The third-order valence-corrected chi connectivity index (χ3v) is 9.24. The first-order valence-corrected chi connectivity index (χ1v) is 12.4. The highest BCUT2D eigenvalue weighted by Gasteiger charge is 2.57. The molecule has 158 valence electrons. The van der Waals surface area contributed by atoms with Crippen molar-refractivity contribution in [3.8, 4) is 0 Å². The summed E-state index contributed by atoms with van der Waals surface area (Å²) in [5.41, 5.74) is 5.01. The Labute approximate surface area is 179 Å². The molecule has 5 aliphatic rings. The SMILES string of the molecule is CC(C)c1cccc(C(C)C)c1[N+]1=[C-]C2(CCC1(C)C)C1CC3CC(C1)CC2C3. The number of benzene rings is 1. The van der Waals surface area contributed by atoms with E-state index in [4.69, 9.17) is 0 Å². The first kappa shape index (κ1) is 19.8. The maximum Gasteiger partial charge on any atom is 0.130 e. The van der Waals surface area contributed by atoms with Gasteiger partial charge in [0.2, 0.25) is 0 Å². The van der Waals surface area contributed by atoms with Crippen molar-refractivity contribution in [3.63, 3.8) is 0 Å². The molecule has 4 fully saturated rings. The van der Waals surface area contributed by atoms with Crippen LogP contribution in [0.15, 0.2) is 18.2 Å². The first-order chi connectivity index (χ1) is 13.7. The van der Waals surface area contributed by atoms with E-state index in [1.54, 1.807) is 0 Å². The fourth-order valence-corrected chi connectivity index (χ4v) is 7.78. The highest BCUT2D eigenvalue weighted by atomic mass is 15.1. The van der Waals surface area contributed by atoms with E-state index in [2.05, 4.69) is 70.5 Å². The largest absolute Gasteiger partial charge is 0.359 e. The molecular formula is C28H41N. The Morgan fingerprint density at radius 3 is 1.83 bits per heavy atom. The van der Waals surface area contributed by atoms with Gasteiger partial charge in [0.1, 0.15) is 5.54 Å². The summed E-state index contributed by atoms with van der Waals surface area (Å²) in [7, 11) is 0. The summed E-state index contributed by atoms with van der Waals surface area (Å²) in [6.45, 7) is 14.4. The van der Waals surface area contributed by atoms with Crippen molar-refractivity contribution in [1.29, 1.82) is 0 Å². The summed E-state index contributed by atoms with van der Waals surface area (Å²) in [4.78, 5) is 0. The van der Waals surface area contributed by atoms with Gasteiger partial charge in [0.05, 0.1) is 5.69 Å². The van der Waals surface area contributed by atoms with Crippen LogP contribution >= 0.6 is 0 Å². The molecule has 1 aromatic rings. The van der Waals surface area contributed by atoms with E-state index in [0.717, 1.165) is 23.7 Å². The van der Waals surface area contributed by atoms with Gasteiger partial charge in [-0.1, -0.05) is 57.0 Å². The van der Waals surface area contributed by atoms with Crippen LogP contribution < -0.4 is 0 Å². The molecule has 0 atom stereocenters. The van der Waals surface area contributed by atoms with Gasteiger partial charge in [-0.05, 0) is 93.3 Å². The number of nitrogens with zero attached hydrogens (tertiary/aromatic N) is 1. The van der Waals surface area contributed by atoms with Crippen molar-refractivity contribution in [1.82, 2.24) is 0 Å². The zero-order valence-electron chi connectivity index (χ0n) is 19.6. The average molecular weight is 392 g/mol. The van der Waals surface area contributed by atoms with Gasteiger partial charge in [-0.25, -0.2) is 0 Å². The molecule has 0 saturated heterocycles. The second kappa shape index (κ2) is 6.69. The zero-order chi connectivity index (χ0) is 20.6. The van der Waals surface area contributed by atoms with Gasteiger partial charge in [-0.3, -0.25) is 0 Å². The van der Waals surface area contributed by atoms with Gasteiger partial charge < -0.3 is 4.58 Å². The van der Waals surface area contributed by atoms with Crippen LogP contribution in [0.2, 0.25) is 0 Å². The predicted molar refractivity (Wildman–Crippen MR) is 122 cm³/mol. The second-order valence-corrected chi connectivity index (χ2v) is 12.2. The Balaban J connectivity index is 1.70. The Kier molecular flexibility index (Phi) is 4.58. The van der Waals surface area contributed by atoms with Crippen LogP contribution in [0.1, 0.15) is 109 Å². The van der Waals surface area contributed by atoms with Crippen molar-refractivity contribution >= 4 is 11.9 Å². The summed E-state index contributed by atoms with van der Waals surface area (Å²) in [6.07, 6.45) is 14.5. The highest BCUT2D eigenvalue weighted by Crippen LogP contribution is 2.64. The standard InChI is InChI=1S/C28H41N/c1-18(2)24-8-7-9-25(19(3)4)26(24)29-17-28(11-10-27(29,5)6)22-13-20-12-21(15-22)16-23(28)14-20/h7-9,18-23H,10-16H2,1-6H3. The molecule has 1 aromatic carbocycles. The zero-order valence-corrected chi connectivity index (χ0v) is 19.6. The van der Waals surface area contributed by atoms with E-state index in [1.807, 2.05) is 0 Å². The van der Waals surface area contributed by atoms with Gasteiger partial charge in [0.15, 0.2) is 0 Å². The minimum Gasteiger partial charge on any atom is -0.359 e. The Bertz CT molecular complexity index is 770. The van der Waals surface area contributed by atoms with Crippen molar-refractivity contribution in [2.24, 2.45) is 29.1 Å². The molecule has 29 heavy (non-hydrogen) atoms. The molecule has 1 spiro atoms. The fraction of sp³-hybridized carbons (Fsp3) is 0.750. The number of hydrogen-bond donors (Lipinski definition) is 0. The van der Waals surface area contributed by atoms with Crippen LogP contribution in [0.25, 0.3) is 0 Å². The van der Waals surface area contributed by atoms with Gasteiger partial charge >= 0.3 is 0 Å². The quantitative estimate of drug-likeness (QED) is 0.370. The van der Waals surface area contributed by atoms with E-state index < -0.39 is 0 Å². The topological polar surface area (TPSA) is 3.01 Å². The third kappa shape index (κ3) is 2.97. The maximum atomic E-state index is 4.34.